The third-order valence-corrected chi connectivity index (χ3v) is 4.31. The van der Waals surface area contributed by atoms with E-state index in [9.17, 15) is 4.79 Å². The number of aliphatic hydroxyl groups is 1. The quantitative estimate of drug-likeness (QED) is 0.829. The Kier molecular flexibility index (Phi) is 4.59. The van der Waals surface area contributed by atoms with Crippen LogP contribution in [0.3, 0.4) is 0 Å². The zero-order valence-corrected chi connectivity index (χ0v) is 13.0. The molecule has 112 valence electrons. The molecule has 1 amide bonds. The molecule has 0 unspecified atom stereocenters. The molecule has 2 aromatic rings. The molecule has 21 heavy (non-hydrogen) atoms. The molecule has 0 atom stereocenters. The number of nitrogen functional groups attached to an aromatic ring is 1. The smallest absolute Gasteiger partial charge is 0.266 e. The lowest BCUT2D eigenvalue weighted by Crippen LogP contribution is -2.33. The number of aromatic nitrogens is 1. The lowest BCUT2D eigenvalue weighted by molar-refractivity contribution is 0.0748. The molecule has 0 aliphatic rings. The Hall–Kier alpha value is -1.92. The fourth-order valence-corrected chi connectivity index (χ4v) is 3.51. The van der Waals surface area contributed by atoms with Crippen molar-refractivity contribution in [2.45, 2.75) is 13.8 Å². The van der Waals surface area contributed by atoms with Crippen LogP contribution in [0.25, 0.3) is 10.2 Å². The number of hydrogen-bond acceptors (Lipinski definition) is 5. The first-order valence-electron chi connectivity index (χ1n) is 6.66. The second-order valence-electron chi connectivity index (χ2n) is 4.87. The highest BCUT2D eigenvalue weighted by molar-refractivity contribution is 7.21. The number of anilines is 1. The molecule has 0 bridgehead atoms. The summed E-state index contributed by atoms with van der Waals surface area (Å²) >= 11 is 1.30. The van der Waals surface area contributed by atoms with Gasteiger partial charge in [0.05, 0.1) is 12.3 Å². The van der Waals surface area contributed by atoms with Crippen LogP contribution in [0, 0.1) is 13.8 Å². The van der Waals surface area contributed by atoms with E-state index in [0.29, 0.717) is 17.1 Å². The summed E-state index contributed by atoms with van der Waals surface area (Å²) in [5, 5.41) is 9.92. The minimum Gasteiger partial charge on any atom is -0.397 e. The number of pyridine rings is 1. The molecule has 2 aromatic heterocycles. The van der Waals surface area contributed by atoms with E-state index >= 15 is 0 Å². The SMILES string of the molecule is C=CCN(CCO)C(=O)c1sc2nc(C)cc(C)c2c1N. The predicted octanol–water partition coefficient (Wildman–Crippen LogP) is 2.12. The van der Waals surface area contributed by atoms with E-state index < -0.39 is 0 Å². The van der Waals surface area contributed by atoms with Gasteiger partial charge in [-0.2, -0.15) is 0 Å². The Balaban J connectivity index is 2.50. The van der Waals surface area contributed by atoms with Crippen LogP contribution in [0.15, 0.2) is 18.7 Å². The van der Waals surface area contributed by atoms with Gasteiger partial charge in [-0.3, -0.25) is 4.79 Å². The number of hydrogen-bond donors (Lipinski definition) is 2. The summed E-state index contributed by atoms with van der Waals surface area (Å²) in [7, 11) is 0. The molecule has 5 nitrogen and oxygen atoms in total. The molecule has 0 fully saturated rings. The lowest BCUT2D eigenvalue weighted by Gasteiger charge is -2.19. The van der Waals surface area contributed by atoms with E-state index in [1.54, 1.807) is 6.08 Å². The highest BCUT2D eigenvalue weighted by Crippen LogP contribution is 2.35. The molecular formula is C15H19N3O2S. The van der Waals surface area contributed by atoms with Crippen LogP contribution in [0.2, 0.25) is 0 Å². The monoisotopic (exact) mass is 305 g/mol. The van der Waals surface area contributed by atoms with Crippen molar-refractivity contribution >= 4 is 33.1 Å². The van der Waals surface area contributed by atoms with Crippen molar-refractivity contribution in [2.75, 3.05) is 25.4 Å². The van der Waals surface area contributed by atoms with Crippen LogP contribution in [-0.4, -0.2) is 40.6 Å². The van der Waals surface area contributed by atoms with Crippen LogP contribution in [0.4, 0.5) is 5.69 Å². The fourth-order valence-electron chi connectivity index (χ4n) is 2.32. The molecule has 0 radical (unpaired) electrons. The van der Waals surface area contributed by atoms with Gasteiger partial charge >= 0.3 is 0 Å². The average Bonchev–Trinajstić information content (AvgIpc) is 2.74. The van der Waals surface area contributed by atoms with Gasteiger partial charge in [0.15, 0.2) is 0 Å². The first kappa shape index (κ1) is 15.5. The van der Waals surface area contributed by atoms with Crippen LogP contribution in [0.1, 0.15) is 20.9 Å². The van der Waals surface area contributed by atoms with Crippen LogP contribution in [-0.2, 0) is 0 Å². The Morgan fingerprint density at radius 1 is 1.57 bits per heavy atom. The number of nitrogens with zero attached hydrogens (tertiary/aromatic N) is 2. The maximum Gasteiger partial charge on any atom is 0.266 e. The minimum atomic E-state index is -0.193. The van der Waals surface area contributed by atoms with Crippen molar-refractivity contribution in [1.29, 1.82) is 0 Å². The fraction of sp³-hybridized carbons (Fsp3) is 0.333. The molecule has 0 aromatic carbocycles. The second-order valence-corrected chi connectivity index (χ2v) is 5.87. The number of fused-ring (bicyclic) bond motifs is 1. The van der Waals surface area contributed by atoms with Crippen molar-refractivity contribution in [3.8, 4) is 0 Å². The normalized spacial score (nSPS) is 10.8. The van der Waals surface area contributed by atoms with Gasteiger partial charge in [0.2, 0.25) is 0 Å². The Bertz CT molecular complexity index is 694. The maximum absolute atomic E-state index is 12.6. The minimum absolute atomic E-state index is 0.0965. The summed E-state index contributed by atoms with van der Waals surface area (Å²) in [5.74, 6) is -0.193. The number of aliphatic hydroxyl groups excluding tert-OH is 1. The highest BCUT2D eigenvalue weighted by Gasteiger charge is 2.22. The summed E-state index contributed by atoms with van der Waals surface area (Å²) in [6.45, 7) is 8.04. The standard InChI is InChI=1S/C15H19N3O2S/c1-4-5-18(6-7-19)15(20)13-12(16)11-9(2)8-10(3)17-14(11)21-13/h4,8,19H,1,5-7,16H2,2-3H3. The molecule has 0 saturated carbocycles. The zero-order valence-electron chi connectivity index (χ0n) is 12.2. The van der Waals surface area contributed by atoms with Gasteiger partial charge in [0.1, 0.15) is 9.71 Å². The summed E-state index contributed by atoms with van der Waals surface area (Å²) < 4.78 is 0. The number of amides is 1. The number of aryl methyl sites for hydroxylation is 2. The maximum atomic E-state index is 12.6. The zero-order chi connectivity index (χ0) is 15.6. The number of thiophene rings is 1. The molecular weight excluding hydrogens is 286 g/mol. The largest absolute Gasteiger partial charge is 0.397 e. The van der Waals surface area contributed by atoms with E-state index in [4.69, 9.17) is 10.8 Å². The van der Waals surface area contributed by atoms with Crippen molar-refractivity contribution in [1.82, 2.24) is 9.88 Å². The van der Waals surface area contributed by atoms with E-state index in [0.717, 1.165) is 21.5 Å². The molecule has 0 aliphatic heterocycles. The Morgan fingerprint density at radius 2 is 2.29 bits per heavy atom. The number of carbonyl (C=O) groups excluding carboxylic acids is 1. The molecule has 0 aliphatic carbocycles. The number of rotatable bonds is 5. The first-order valence-corrected chi connectivity index (χ1v) is 7.48. The second kappa shape index (κ2) is 6.24. The number of nitrogens with two attached hydrogens (primary N) is 1. The topological polar surface area (TPSA) is 79.5 Å². The van der Waals surface area contributed by atoms with Gasteiger partial charge in [-0.25, -0.2) is 4.98 Å². The van der Waals surface area contributed by atoms with E-state index in [-0.39, 0.29) is 19.1 Å². The van der Waals surface area contributed by atoms with Gasteiger partial charge in [0, 0.05) is 24.2 Å². The predicted molar refractivity (Wildman–Crippen MR) is 86.7 cm³/mol. The van der Waals surface area contributed by atoms with E-state index in [1.807, 2.05) is 19.9 Å². The lowest BCUT2D eigenvalue weighted by atomic mass is 10.1. The molecule has 2 heterocycles. The third kappa shape index (κ3) is 2.91. The van der Waals surface area contributed by atoms with Gasteiger partial charge in [-0.1, -0.05) is 6.08 Å². The highest BCUT2D eigenvalue weighted by atomic mass is 32.1. The number of carbonyl (C=O) groups is 1. The third-order valence-electron chi connectivity index (χ3n) is 3.23. The van der Waals surface area contributed by atoms with Crippen molar-refractivity contribution in [3.63, 3.8) is 0 Å². The van der Waals surface area contributed by atoms with Crippen molar-refractivity contribution < 1.29 is 9.90 Å². The molecule has 3 N–H and O–H groups in total. The Labute approximate surface area is 127 Å². The van der Waals surface area contributed by atoms with E-state index in [1.165, 1.54) is 16.2 Å². The average molecular weight is 305 g/mol. The first-order chi connectivity index (χ1) is 9.99. The van der Waals surface area contributed by atoms with Gasteiger partial charge in [0.25, 0.3) is 5.91 Å². The van der Waals surface area contributed by atoms with Crippen molar-refractivity contribution in [3.05, 3.63) is 34.9 Å². The Morgan fingerprint density at radius 3 is 2.90 bits per heavy atom. The van der Waals surface area contributed by atoms with Gasteiger partial charge in [-0.05, 0) is 25.5 Å². The molecule has 0 saturated heterocycles. The summed E-state index contributed by atoms with van der Waals surface area (Å²) in [5.41, 5.74) is 8.54. The summed E-state index contributed by atoms with van der Waals surface area (Å²) in [6.07, 6.45) is 1.63. The summed E-state index contributed by atoms with van der Waals surface area (Å²) in [6, 6.07) is 1.95. The van der Waals surface area contributed by atoms with Crippen molar-refractivity contribution in [2.24, 2.45) is 0 Å². The van der Waals surface area contributed by atoms with Crippen LogP contribution >= 0.6 is 11.3 Å². The molecule has 0 spiro atoms. The summed E-state index contributed by atoms with van der Waals surface area (Å²) in [4.78, 5) is 19.8. The van der Waals surface area contributed by atoms with Gasteiger partial charge in [-0.15, -0.1) is 17.9 Å². The molecule has 2 rings (SSSR count). The van der Waals surface area contributed by atoms with E-state index in [2.05, 4.69) is 11.6 Å². The van der Waals surface area contributed by atoms with Gasteiger partial charge < -0.3 is 15.7 Å². The molecule has 6 heteroatoms. The van der Waals surface area contributed by atoms with Crippen LogP contribution in [0.5, 0.6) is 0 Å². The van der Waals surface area contributed by atoms with Crippen LogP contribution < -0.4 is 5.73 Å².